The summed E-state index contributed by atoms with van der Waals surface area (Å²) in [5.74, 6) is 0.835. The van der Waals surface area contributed by atoms with Gasteiger partial charge in [-0.25, -0.2) is 0 Å². The van der Waals surface area contributed by atoms with Gasteiger partial charge in [-0.15, -0.1) is 0 Å². The highest BCUT2D eigenvalue weighted by atomic mass is 16.7. The van der Waals surface area contributed by atoms with Crippen LogP contribution in [0, 0.1) is 0 Å². The summed E-state index contributed by atoms with van der Waals surface area (Å²) in [6.45, 7) is 3.18. The third-order valence-corrected chi connectivity index (χ3v) is 1.94. The first kappa shape index (κ1) is 12.0. The van der Waals surface area contributed by atoms with Gasteiger partial charge >= 0.3 is 0 Å². The molecule has 0 fully saturated rings. The van der Waals surface area contributed by atoms with Crippen molar-refractivity contribution in [2.75, 3.05) is 20.3 Å². The molecule has 0 aliphatic heterocycles. The number of hydrogen-bond acceptors (Lipinski definition) is 3. The Hall–Kier alpha value is -1.06. The van der Waals surface area contributed by atoms with Crippen LogP contribution in [-0.4, -0.2) is 26.6 Å². The molecule has 15 heavy (non-hydrogen) atoms. The van der Waals surface area contributed by atoms with Crippen LogP contribution in [0.15, 0.2) is 30.3 Å². The third kappa shape index (κ3) is 4.81. The molecular weight excluding hydrogens is 192 g/mol. The molecule has 84 valence electrons. The van der Waals surface area contributed by atoms with Crippen molar-refractivity contribution in [3.05, 3.63) is 30.3 Å². The second-order valence-corrected chi connectivity index (χ2v) is 3.13. The van der Waals surface area contributed by atoms with Crippen molar-refractivity contribution < 1.29 is 14.2 Å². The van der Waals surface area contributed by atoms with Gasteiger partial charge in [-0.05, 0) is 12.1 Å². The summed E-state index contributed by atoms with van der Waals surface area (Å²) in [6, 6.07) is 9.68. The maximum absolute atomic E-state index is 5.63. The Morgan fingerprint density at radius 1 is 1.13 bits per heavy atom. The molecule has 1 aromatic rings. The van der Waals surface area contributed by atoms with Gasteiger partial charge < -0.3 is 14.2 Å². The zero-order chi connectivity index (χ0) is 10.9. The molecular formula is C12H18O3. The lowest BCUT2D eigenvalue weighted by Crippen LogP contribution is -2.21. The molecule has 0 saturated heterocycles. The SMILES string of the molecule is CCC(OCCOC)Oc1ccccc1. The van der Waals surface area contributed by atoms with Crippen LogP contribution in [-0.2, 0) is 9.47 Å². The summed E-state index contributed by atoms with van der Waals surface area (Å²) < 4.78 is 16.0. The first-order chi connectivity index (χ1) is 7.36. The summed E-state index contributed by atoms with van der Waals surface area (Å²) in [7, 11) is 1.66. The minimum Gasteiger partial charge on any atom is -0.465 e. The van der Waals surface area contributed by atoms with Crippen LogP contribution in [0.1, 0.15) is 13.3 Å². The van der Waals surface area contributed by atoms with E-state index < -0.39 is 0 Å². The number of benzene rings is 1. The summed E-state index contributed by atoms with van der Waals surface area (Å²) in [5, 5.41) is 0. The van der Waals surface area contributed by atoms with Crippen molar-refractivity contribution in [1.82, 2.24) is 0 Å². The van der Waals surface area contributed by atoms with Gasteiger partial charge in [0.1, 0.15) is 5.75 Å². The van der Waals surface area contributed by atoms with E-state index in [0.717, 1.165) is 12.2 Å². The first-order valence-electron chi connectivity index (χ1n) is 5.19. The molecule has 3 nitrogen and oxygen atoms in total. The second-order valence-electron chi connectivity index (χ2n) is 3.13. The summed E-state index contributed by atoms with van der Waals surface area (Å²) >= 11 is 0. The van der Waals surface area contributed by atoms with Crippen molar-refractivity contribution in [3.63, 3.8) is 0 Å². The van der Waals surface area contributed by atoms with E-state index in [0.29, 0.717) is 13.2 Å². The Balaban J connectivity index is 2.33. The van der Waals surface area contributed by atoms with E-state index in [2.05, 4.69) is 0 Å². The Morgan fingerprint density at radius 3 is 2.47 bits per heavy atom. The number of methoxy groups -OCH3 is 1. The van der Waals surface area contributed by atoms with Gasteiger partial charge in [0.25, 0.3) is 0 Å². The minimum absolute atomic E-state index is 0.192. The topological polar surface area (TPSA) is 27.7 Å². The molecule has 0 spiro atoms. The minimum atomic E-state index is -0.192. The van der Waals surface area contributed by atoms with Gasteiger partial charge in [0.2, 0.25) is 0 Å². The van der Waals surface area contributed by atoms with E-state index >= 15 is 0 Å². The predicted octanol–water partition coefficient (Wildman–Crippen LogP) is 2.46. The fourth-order valence-corrected chi connectivity index (χ4v) is 1.15. The largest absolute Gasteiger partial charge is 0.465 e. The number of para-hydroxylation sites is 1. The number of hydrogen-bond donors (Lipinski definition) is 0. The van der Waals surface area contributed by atoms with E-state index in [-0.39, 0.29) is 6.29 Å². The molecule has 1 unspecified atom stereocenters. The molecule has 0 saturated carbocycles. The lowest BCUT2D eigenvalue weighted by atomic mass is 10.3. The summed E-state index contributed by atoms with van der Waals surface area (Å²) in [5.41, 5.74) is 0. The van der Waals surface area contributed by atoms with Crippen LogP contribution in [0.25, 0.3) is 0 Å². The van der Waals surface area contributed by atoms with Crippen LogP contribution >= 0.6 is 0 Å². The highest BCUT2D eigenvalue weighted by Crippen LogP contribution is 2.12. The smallest absolute Gasteiger partial charge is 0.199 e. The van der Waals surface area contributed by atoms with Gasteiger partial charge in [0.15, 0.2) is 6.29 Å². The van der Waals surface area contributed by atoms with Crippen molar-refractivity contribution in [3.8, 4) is 5.75 Å². The van der Waals surface area contributed by atoms with Gasteiger partial charge in [0.05, 0.1) is 13.2 Å². The molecule has 0 bridgehead atoms. The average Bonchev–Trinajstić information content (AvgIpc) is 2.29. The molecule has 0 aromatic heterocycles. The molecule has 0 aliphatic rings. The van der Waals surface area contributed by atoms with Crippen molar-refractivity contribution in [2.24, 2.45) is 0 Å². The lowest BCUT2D eigenvalue weighted by molar-refractivity contribution is -0.0931. The van der Waals surface area contributed by atoms with Crippen LogP contribution in [0.4, 0.5) is 0 Å². The molecule has 0 amide bonds. The van der Waals surface area contributed by atoms with Crippen molar-refractivity contribution >= 4 is 0 Å². The molecule has 0 aliphatic carbocycles. The zero-order valence-corrected chi connectivity index (χ0v) is 9.31. The predicted molar refractivity (Wildman–Crippen MR) is 59.0 cm³/mol. The van der Waals surface area contributed by atoms with Gasteiger partial charge in [0, 0.05) is 13.5 Å². The second kappa shape index (κ2) is 7.26. The third-order valence-electron chi connectivity index (χ3n) is 1.94. The van der Waals surface area contributed by atoms with E-state index in [1.54, 1.807) is 7.11 Å². The molecule has 0 heterocycles. The maximum atomic E-state index is 5.63. The Bertz CT molecular complexity index is 248. The van der Waals surface area contributed by atoms with E-state index in [1.807, 2.05) is 37.3 Å². The molecule has 3 heteroatoms. The van der Waals surface area contributed by atoms with Crippen LogP contribution in [0.3, 0.4) is 0 Å². The summed E-state index contributed by atoms with van der Waals surface area (Å²) in [6.07, 6.45) is 0.626. The van der Waals surface area contributed by atoms with Crippen molar-refractivity contribution in [1.29, 1.82) is 0 Å². The monoisotopic (exact) mass is 210 g/mol. The quantitative estimate of drug-likeness (QED) is 0.511. The highest BCUT2D eigenvalue weighted by Gasteiger charge is 2.07. The van der Waals surface area contributed by atoms with Gasteiger partial charge in [-0.3, -0.25) is 0 Å². The average molecular weight is 210 g/mol. The van der Waals surface area contributed by atoms with Crippen LogP contribution < -0.4 is 4.74 Å². The fourth-order valence-electron chi connectivity index (χ4n) is 1.15. The molecule has 0 N–H and O–H groups in total. The lowest BCUT2D eigenvalue weighted by Gasteiger charge is -2.17. The summed E-state index contributed by atoms with van der Waals surface area (Å²) in [4.78, 5) is 0. The van der Waals surface area contributed by atoms with E-state index in [1.165, 1.54) is 0 Å². The Morgan fingerprint density at radius 2 is 1.87 bits per heavy atom. The zero-order valence-electron chi connectivity index (χ0n) is 9.31. The van der Waals surface area contributed by atoms with E-state index in [4.69, 9.17) is 14.2 Å². The Labute approximate surface area is 91.0 Å². The van der Waals surface area contributed by atoms with Crippen LogP contribution in [0.5, 0.6) is 5.75 Å². The standard InChI is InChI=1S/C12H18O3/c1-3-12(14-10-9-13-2)15-11-7-5-4-6-8-11/h4-8,12H,3,9-10H2,1-2H3. The van der Waals surface area contributed by atoms with Gasteiger partial charge in [-0.1, -0.05) is 25.1 Å². The molecule has 1 atom stereocenters. The maximum Gasteiger partial charge on any atom is 0.199 e. The molecule has 0 radical (unpaired) electrons. The number of rotatable bonds is 7. The van der Waals surface area contributed by atoms with Gasteiger partial charge in [-0.2, -0.15) is 0 Å². The normalized spacial score (nSPS) is 12.4. The Kier molecular flexibility index (Phi) is 5.81. The molecule has 1 rings (SSSR count). The number of ether oxygens (including phenoxy) is 3. The highest BCUT2D eigenvalue weighted by molar-refractivity contribution is 5.20. The van der Waals surface area contributed by atoms with Crippen LogP contribution in [0.2, 0.25) is 0 Å². The fraction of sp³-hybridized carbons (Fsp3) is 0.500. The first-order valence-corrected chi connectivity index (χ1v) is 5.19. The molecule has 1 aromatic carbocycles. The van der Waals surface area contributed by atoms with E-state index in [9.17, 15) is 0 Å². The van der Waals surface area contributed by atoms with Crippen molar-refractivity contribution in [2.45, 2.75) is 19.6 Å².